The Morgan fingerprint density at radius 3 is 2.75 bits per heavy atom. The molecule has 0 spiro atoms. The van der Waals surface area contributed by atoms with Crippen molar-refractivity contribution in [2.75, 3.05) is 0 Å². The largest absolute Gasteiger partial charge is 0.381 e. The smallest absolute Gasteiger partial charge is 0.130 e. The highest BCUT2D eigenvalue weighted by Crippen LogP contribution is 2.30. The third kappa shape index (κ3) is 1.90. The quantitative estimate of drug-likeness (QED) is 0.889. The standard InChI is InChI=1S/C12H16N2OS/c1-8(2)14-7-13-6-10(14)11(15)12-9(3)4-5-16-12/h4-8,11,15H,1-3H3. The molecule has 2 rings (SSSR count). The lowest BCUT2D eigenvalue weighted by molar-refractivity contribution is 0.211. The zero-order valence-corrected chi connectivity index (χ0v) is 10.5. The summed E-state index contributed by atoms with van der Waals surface area (Å²) in [7, 11) is 0. The molecule has 86 valence electrons. The minimum atomic E-state index is -0.565. The molecule has 4 heteroatoms. The first-order valence-corrected chi connectivity index (χ1v) is 6.23. The van der Waals surface area contributed by atoms with E-state index < -0.39 is 6.10 Å². The highest BCUT2D eigenvalue weighted by atomic mass is 32.1. The van der Waals surface area contributed by atoms with Crippen molar-refractivity contribution in [1.82, 2.24) is 9.55 Å². The summed E-state index contributed by atoms with van der Waals surface area (Å²) in [5, 5.41) is 12.3. The van der Waals surface area contributed by atoms with Gasteiger partial charge in [-0.2, -0.15) is 0 Å². The van der Waals surface area contributed by atoms with E-state index in [4.69, 9.17) is 0 Å². The van der Waals surface area contributed by atoms with Crippen LogP contribution in [0.2, 0.25) is 0 Å². The number of imidazole rings is 1. The molecule has 2 aromatic rings. The van der Waals surface area contributed by atoms with Gasteiger partial charge in [0.25, 0.3) is 0 Å². The fourth-order valence-corrected chi connectivity index (χ4v) is 2.68. The van der Waals surface area contributed by atoms with Crippen molar-refractivity contribution in [2.24, 2.45) is 0 Å². The number of hydrogen-bond acceptors (Lipinski definition) is 3. The van der Waals surface area contributed by atoms with Crippen LogP contribution in [-0.4, -0.2) is 14.7 Å². The van der Waals surface area contributed by atoms with E-state index >= 15 is 0 Å². The van der Waals surface area contributed by atoms with Crippen LogP contribution in [0, 0.1) is 6.92 Å². The number of thiophene rings is 1. The summed E-state index contributed by atoms with van der Waals surface area (Å²) in [5.74, 6) is 0. The molecule has 0 aliphatic heterocycles. The van der Waals surface area contributed by atoms with Gasteiger partial charge in [-0.1, -0.05) is 0 Å². The zero-order chi connectivity index (χ0) is 11.7. The average Bonchev–Trinajstić information content (AvgIpc) is 2.84. The van der Waals surface area contributed by atoms with Crippen LogP contribution in [0.1, 0.15) is 42.1 Å². The van der Waals surface area contributed by atoms with E-state index in [1.54, 1.807) is 23.9 Å². The number of aromatic nitrogens is 2. The van der Waals surface area contributed by atoms with Crippen LogP contribution in [0.25, 0.3) is 0 Å². The van der Waals surface area contributed by atoms with Crippen molar-refractivity contribution in [3.05, 3.63) is 40.1 Å². The molecule has 0 fully saturated rings. The van der Waals surface area contributed by atoms with Crippen molar-refractivity contribution in [3.63, 3.8) is 0 Å². The lowest BCUT2D eigenvalue weighted by atomic mass is 10.1. The van der Waals surface area contributed by atoms with E-state index in [0.717, 1.165) is 16.1 Å². The fraction of sp³-hybridized carbons (Fsp3) is 0.417. The van der Waals surface area contributed by atoms with Crippen LogP contribution >= 0.6 is 11.3 Å². The number of aliphatic hydroxyl groups excluding tert-OH is 1. The third-order valence-electron chi connectivity index (χ3n) is 2.68. The topological polar surface area (TPSA) is 38.1 Å². The van der Waals surface area contributed by atoms with Crippen molar-refractivity contribution in [1.29, 1.82) is 0 Å². The maximum Gasteiger partial charge on any atom is 0.130 e. The summed E-state index contributed by atoms with van der Waals surface area (Å²) in [5.41, 5.74) is 1.99. The Kier molecular flexibility index (Phi) is 3.12. The predicted molar refractivity (Wildman–Crippen MR) is 65.7 cm³/mol. The minimum Gasteiger partial charge on any atom is -0.381 e. The van der Waals surface area contributed by atoms with E-state index in [1.807, 2.05) is 22.9 Å². The summed E-state index contributed by atoms with van der Waals surface area (Å²) >= 11 is 1.59. The second-order valence-corrected chi connectivity index (χ2v) is 5.14. The molecule has 2 aromatic heterocycles. The molecule has 0 aliphatic rings. The zero-order valence-electron chi connectivity index (χ0n) is 9.71. The fourth-order valence-electron chi connectivity index (χ4n) is 1.76. The Balaban J connectivity index is 2.38. The van der Waals surface area contributed by atoms with Gasteiger partial charge in [0, 0.05) is 10.9 Å². The monoisotopic (exact) mass is 236 g/mol. The van der Waals surface area contributed by atoms with E-state index in [0.29, 0.717) is 6.04 Å². The van der Waals surface area contributed by atoms with Gasteiger partial charge in [-0.3, -0.25) is 0 Å². The van der Waals surface area contributed by atoms with Crippen LogP contribution in [0.5, 0.6) is 0 Å². The van der Waals surface area contributed by atoms with Gasteiger partial charge in [-0.15, -0.1) is 11.3 Å². The molecule has 1 atom stereocenters. The second kappa shape index (κ2) is 4.39. The number of aryl methyl sites for hydroxylation is 1. The first kappa shape index (κ1) is 11.4. The molecule has 0 radical (unpaired) electrons. The molecule has 0 saturated carbocycles. The summed E-state index contributed by atoms with van der Waals surface area (Å²) in [4.78, 5) is 5.11. The van der Waals surface area contributed by atoms with Crippen molar-refractivity contribution in [2.45, 2.75) is 32.9 Å². The Hall–Kier alpha value is -1.13. The number of aliphatic hydroxyl groups is 1. The average molecular weight is 236 g/mol. The van der Waals surface area contributed by atoms with Gasteiger partial charge in [0.05, 0.1) is 18.2 Å². The summed E-state index contributed by atoms with van der Waals surface area (Å²) in [6.07, 6.45) is 2.94. The third-order valence-corrected chi connectivity index (χ3v) is 3.75. The Morgan fingerprint density at radius 2 is 2.19 bits per heavy atom. The van der Waals surface area contributed by atoms with Crippen LogP contribution in [-0.2, 0) is 0 Å². The molecule has 0 amide bonds. The molecular formula is C12H16N2OS. The lowest BCUT2D eigenvalue weighted by Crippen LogP contribution is -2.09. The molecule has 1 unspecified atom stereocenters. The SMILES string of the molecule is Cc1ccsc1C(O)c1cncn1C(C)C. The predicted octanol–water partition coefficient (Wildman–Crippen LogP) is 2.92. The maximum absolute atomic E-state index is 10.3. The van der Waals surface area contributed by atoms with Gasteiger partial charge in [0.1, 0.15) is 6.10 Å². The Morgan fingerprint density at radius 1 is 1.44 bits per heavy atom. The molecule has 0 saturated heterocycles. The molecular weight excluding hydrogens is 220 g/mol. The van der Waals surface area contributed by atoms with Gasteiger partial charge >= 0.3 is 0 Å². The van der Waals surface area contributed by atoms with E-state index in [1.165, 1.54) is 0 Å². The number of rotatable bonds is 3. The van der Waals surface area contributed by atoms with Gasteiger partial charge < -0.3 is 9.67 Å². The molecule has 0 bridgehead atoms. The van der Waals surface area contributed by atoms with Crippen LogP contribution in [0.3, 0.4) is 0 Å². The summed E-state index contributed by atoms with van der Waals surface area (Å²) in [6.45, 7) is 6.18. The van der Waals surface area contributed by atoms with Crippen LogP contribution in [0.4, 0.5) is 0 Å². The Labute approximate surface area is 99.4 Å². The molecule has 3 nitrogen and oxygen atoms in total. The van der Waals surface area contributed by atoms with Crippen molar-refractivity contribution >= 4 is 11.3 Å². The van der Waals surface area contributed by atoms with Crippen molar-refractivity contribution in [3.8, 4) is 0 Å². The molecule has 2 heterocycles. The lowest BCUT2D eigenvalue weighted by Gasteiger charge is -2.16. The molecule has 0 aromatic carbocycles. The van der Waals surface area contributed by atoms with E-state index in [2.05, 4.69) is 18.8 Å². The first-order valence-electron chi connectivity index (χ1n) is 5.35. The highest BCUT2D eigenvalue weighted by molar-refractivity contribution is 7.10. The molecule has 1 N–H and O–H groups in total. The maximum atomic E-state index is 10.3. The van der Waals surface area contributed by atoms with E-state index in [9.17, 15) is 5.11 Å². The van der Waals surface area contributed by atoms with Gasteiger partial charge in [-0.05, 0) is 37.8 Å². The molecule has 0 aliphatic carbocycles. The first-order chi connectivity index (χ1) is 7.61. The van der Waals surface area contributed by atoms with Gasteiger partial charge in [0.2, 0.25) is 0 Å². The van der Waals surface area contributed by atoms with Crippen LogP contribution in [0.15, 0.2) is 24.0 Å². The molecule has 16 heavy (non-hydrogen) atoms. The second-order valence-electron chi connectivity index (χ2n) is 4.19. The van der Waals surface area contributed by atoms with E-state index in [-0.39, 0.29) is 0 Å². The van der Waals surface area contributed by atoms with Gasteiger partial charge in [0.15, 0.2) is 0 Å². The summed E-state index contributed by atoms with van der Waals surface area (Å²) in [6, 6.07) is 2.34. The minimum absolute atomic E-state index is 0.312. The normalized spacial score (nSPS) is 13.3. The Bertz CT molecular complexity index is 473. The highest BCUT2D eigenvalue weighted by Gasteiger charge is 2.19. The van der Waals surface area contributed by atoms with Crippen molar-refractivity contribution < 1.29 is 5.11 Å². The number of hydrogen-bond donors (Lipinski definition) is 1. The van der Waals surface area contributed by atoms with Crippen LogP contribution < -0.4 is 0 Å². The summed E-state index contributed by atoms with van der Waals surface area (Å²) < 4.78 is 2.00. The van der Waals surface area contributed by atoms with Gasteiger partial charge in [-0.25, -0.2) is 4.98 Å². The number of nitrogens with zero attached hydrogens (tertiary/aromatic N) is 2.